The van der Waals surface area contributed by atoms with E-state index in [4.69, 9.17) is 14.0 Å². The van der Waals surface area contributed by atoms with Crippen molar-refractivity contribution in [2.45, 2.75) is 31.7 Å². The second-order valence-electron chi connectivity index (χ2n) is 5.46. The standard InChI is InChI=1S/C17H18N2O3.CO2/c1-2-14-13(15-9-6-10-22-15)11-16(20)19(14)18-17(21)12-7-4-3-5-8-12;2-1-3/h3-10,13-14H,2,11H2,1H3,(H,18,21);/t13-,14+;/m1./s1. The van der Waals surface area contributed by atoms with Crippen molar-refractivity contribution < 1.29 is 23.6 Å². The van der Waals surface area contributed by atoms with Crippen LogP contribution in [0, 0.1) is 0 Å². The molecule has 1 aliphatic heterocycles. The number of nitrogens with one attached hydrogen (secondary N) is 1. The van der Waals surface area contributed by atoms with Gasteiger partial charge in [-0.1, -0.05) is 25.1 Å². The maximum Gasteiger partial charge on any atom is 0.373 e. The largest absolute Gasteiger partial charge is 0.469 e. The van der Waals surface area contributed by atoms with Gasteiger partial charge >= 0.3 is 6.15 Å². The van der Waals surface area contributed by atoms with Crippen molar-refractivity contribution in [2.24, 2.45) is 0 Å². The van der Waals surface area contributed by atoms with Crippen LogP contribution in [0.25, 0.3) is 0 Å². The molecule has 0 unspecified atom stereocenters. The van der Waals surface area contributed by atoms with E-state index in [1.807, 2.05) is 25.1 Å². The van der Waals surface area contributed by atoms with Gasteiger partial charge in [-0.25, -0.2) is 5.01 Å². The van der Waals surface area contributed by atoms with E-state index >= 15 is 0 Å². The first-order valence-electron chi connectivity index (χ1n) is 7.83. The van der Waals surface area contributed by atoms with Crippen molar-refractivity contribution in [1.29, 1.82) is 0 Å². The van der Waals surface area contributed by atoms with Crippen molar-refractivity contribution in [1.82, 2.24) is 10.4 Å². The number of hydrogen-bond donors (Lipinski definition) is 1. The van der Waals surface area contributed by atoms with Crippen LogP contribution >= 0.6 is 0 Å². The third kappa shape index (κ3) is 4.22. The van der Waals surface area contributed by atoms with E-state index in [-0.39, 0.29) is 29.9 Å². The summed E-state index contributed by atoms with van der Waals surface area (Å²) in [5.41, 5.74) is 3.27. The van der Waals surface area contributed by atoms with Crippen molar-refractivity contribution in [3.05, 3.63) is 60.1 Å². The van der Waals surface area contributed by atoms with Gasteiger partial charge in [-0.05, 0) is 30.7 Å². The average Bonchev–Trinajstić information content (AvgIpc) is 3.25. The predicted molar refractivity (Wildman–Crippen MR) is 85.9 cm³/mol. The van der Waals surface area contributed by atoms with Gasteiger partial charge in [0, 0.05) is 17.9 Å². The molecular formula is C18H18N2O5. The minimum absolute atomic E-state index is 0.0245. The third-order valence-corrected chi connectivity index (χ3v) is 4.04. The molecule has 1 aromatic heterocycles. The summed E-state index contributed by atoms with van der Waals surface area (Å²) >= 11 is 0. The highest BCUT2D eigenvalue weighted by molar-refractivity contribution is 5.95. The lowest BCUT2D eigenvalue weighted by Crippen LogP contribution is -2.48. The molecule has 2 aromatic rings. The Morgan fingerprint density at radius 1 is 1.24 bits per heavy atom. The smallest absolute Gasteiger partial charge is 0.373 e. The molecule has 7 heteroatoms. The Bertz CT molecular complexity index is 736. The molecule has 2 amide bonds. The van der Waals surface area contributed by atoms with Crippen molar-refractivity contribution in [3.8, 4) is 0 Å². The molecule has 0 radical (unpaired) electrons. The first-order chi connectivity index (χ1) is 12.1. The summed E-state index contributed by atoms with van der Waals surface area (Å²) < 4.78 is 5.44. The summed E-state index contributed by atoms with van der Waals surface area (Å²) in [5.74, 6) is 0.408. The summed E-state index contributed by atoms with van der Waals surface area (Å²) in [4.78, 5) is 40.8. The fourth-order valence-corrected chi connectivity index (χ4v) is 2.96. The summed E-state index contributed by atoms with van der Waals surface area (Å²) in [7, 11) is 0. The number of furan rings is 1. The highest BCUT2D eigenvalue weighted by atomic mass is 16.3. The number of rotatable bonds is 4. The van der Waals surface area contributed by atoms with E-state index < -0.39 is 0 Å². The molecule has 1 fully saturated rings. The minimum Gasteiger partial charge on any atom is -0.469 e. The van der Waals surface area contributed by atoms with Crippen LogP contribution in [0.3, 0.4) is 0 Å². The highest BCUT2D eigenvalue weighted by Gasteiger charge is 2.41. The Hall–Kier alpha value is -3.18. The lowest BCUT2D eigenvalue weighted by molar-refractivity contribution is -0.191. The van der Waals surface area contributed by atoms with E-state index in [1.165, 1.54) is 5.01 Å². The Kier molecular flexibility index (Phi) is 6.26. The quantitative estimate of drug-likeness (QED) is 0.918. The molecule has 25 heavy (non-hydrogen) atoms. The topological polar surface area (TPSA) is 96.7 Å². The molecule has 2 heterocycles. The molecule has 1 aromatic carbocycles. The molecule has 2 atom stereocenters. The van der Waals surface area contributed by atoms with Gasteiger partial charge in [0.05, 0.1) is 12.3 Å². The molecule has 0 spiro atoms. The van der Waals surface area contributed by atoms with Gasteiger partial charge in [-0.15, -0.1) is 0 Å². The lowest BCUT2D eigenvalue weighted by atomic mass is 9.96. The molecular weight excluding hydrogens is 324 g/mol. The molecule has 3 rings (SSSR count). The second-order valence-corrected chi connectivity index (χ2v) is 5.46. The zero-order valence-corrected chi connectivity index (χ0v) is 13.7. The van der Waals surface area contributed by atoms with Gasteiger partial charge in [-0.3, -0.25) is 15.0 Å². The number of amides is 2. The second kappa shape index (κ2) is 8.61. The first-order valence-corrected chi connectivity index (χ1v) is 7.83. The van der Waals surface area contributed by atoms with Crippen molar-refractivity contribution in [3.63, 3.8) is 0 Å². The molecule has 1 saturated heterocycles. The van der Waals surface area contributed by atoms with Gasteiger partial charge in [0.2, 0.25) is 5.91 Å². The molecule has 0 bridgehead atoms. The molecule has 0 saturated carbocycles. The fourth-order valence-electron chi connectivity index (χ4n) is 2.96. The number of hydrogen-bond acceptors (Lipinski definition) is 5. The number of carbonyl (C=O) groups is 2. The van der Waals surface area contributed by atoms with Crippen molar-refractivity contribution in [2.75, 3.05) is 0 Å². The normalized spacial score (nSPS) is 18.9. The molecule has 1 aliphatic rings. The molecule has 1 N–H and O–H groups in total. The van der Waals surface area contributed by atoms with Gasteiger partial charge < -0.3 is 4.42 Å². The Balaban J connectivity index is 0.000000701. The predicted octanol–water partition coefficient (Wildman–Crippen LogP) is 2.14. The number of hydrazine groups is 1. The van der Waals surface area contributed by atoms with E-state index in [9.17, 15) is 9.59 Å². The fraction of sp³-hybridized carbons (Fsp3) is 0.278. The van der Waals surface area contributed by atoms with Crippen molar-refractivity contribution >= 4 is 18.0 Å². The van der Waals surface area contributed by atoms with Crippen LogP contribution < -0.4 is 5.43 Å². The summed E-state index contributed by atoms with van der Waals surface area (Å²) in [6.07, 6.45) is 2.95. The van der Waals surface area contributed by atoms with Gasteiger partial charge in [0.15, 0.2) is 0 Å². The van der Waals surface area contributed by atoms with Crippen LogP contribution in [-0.2, 0) is 14.4 Å². The number of benzene rings is 1. The Morgan fingerprint density at radius 3 is 2.48 bits per heavy atom. The minimum atomic E-state index is -0.271. The SMILES string of the molecule is CC[C@H]1[C@H](c2ccco2)CC(=O)N1NC(=O)c1ccccc1.O=C=O. The van der Waals surface area contributed by atoms with E-state index in [0.29, 0.717) is 12.0 Å². The Labute approximate surface area is 144 Å². The maximum atomic E-state index is 12.3. The number of carbonyl (C=O) groups excluding carboxylic acids is 4. The van der Waals surface area contributed by atoms with E-state index in [0.717, 1.165) is 12.2 Å². The van der Waals surface area contributed by atoms with Gasteiger partial charge in [-0.2, -0.15) is 9.59 Å². The zero-order chi connectivity index (χ0) is 18.2. The summed E-state index contributed by atoms with van der Waals surface area (Å²) in [6, 6.07) is 12.5. The van der Waals surface area contributed by atoms with E-state index in [1.54, 1.807) is 30.5 Å². The summed E-state index contributed by atoms with van der Waals surface area (Å²) in [6.45, 7) is 2.00. The highest BCUT2D eigenvalue weighted by Crippen LogP contribution is 2.35. The van der Waals surface area contributed by atoms with Crippen LogP contribution in [-0.4, -0.2) is 29.0 Å². The van der Waals surface area contributed by atoms with Crippen LogP contribution in [0.1, 0.15) is 41.8 Å². The molecule has 7 nitrogen and oxygen atoms in total. The number of nitrogens with zero attached hydrogens (tertiary/aromatic N) is 1. The van der Waals surface area contributed by atoms with Gasteiger partial charge in [0.25, 0.3) is 5.91 Å². The first kappa shape index (κ1) is 18.2. The maximum absolute atomic E-state index is 12.3. The monoisotopic (exact) mass is 342 g/mol. The van der Waals surface area contributed by atoms with E-state index in [2.05, 4.69) is 5.43 Å². The van der Waals surface area contributed by atoms with Crippen LogP contribution in [0.2, 0.25) is 0 Å². The summed E-state index contributed by atoms with van der Waals surface area (Å²) in [5, 5.41) is 1.46. The molecule has 0 aliphatic carbocycles. The Morgan fingerprint density at radius 2 is 1.92 bits per heavy atom. The van der Waals surface area contributed by atoms with Gasteiger partial charge in [0.1, 0.15) is 5.76 Å². The van der Waals surface area contributed by atoms with Crippen LogP contribution in [0.15, 0.2) is 53.1 Å². The van der Waals surface area contributed by atoms with Crippen LogP contribution in [0.5, 0.6) is 0 Å². The lowest BCUT2D eigenvalue weighted by Gasteiger charge is -2.26. The average molecular weight is 342 g/mol. The third-order valence-electron chi connectivity index (χ3n) is 4.04. The van der Waals surface area contributed by atoms with Crippen LogP contribution in [0.4, 0.5) is 0 Å². The molecule has 130 valence electrons. The zero-order valence-electron chi connectivity index (χ0n) is 13.7.